The Morgan fingerprint density at radius 1 is 1.04 bits per heavy atom. The van der Waals surface area contributed by atoms with E-state index in [1.165, 1.54) is 18.2 Å². The largest absolute Gasteiger partial charge is 0.449 e. The molecule has 0 fully saturated rings. The Hall–Kier alpha value is -3.50. The summed E-state index contributed by atoms with van der Waals surface area (Å²) in [6.45, 7) is 0. The van der Waals surface area contributed by atoms with Gasteiger partial charge in [-0.3, -0.25) is 25.0 Å². The third-order valence-electron chi connectivity index (χ3n) is 2.98. The van der Waals surface area contributed by atoms with Gasteiger partial charge in [-0.2, -0.15) is 13.2 Å². The summed E-state index contributed by atoms with van der Waals surface area (Å²) in [4.78, 5) is 30.1. The molecule has 0 atom stereocenters. The molecule has 0 saturated heterocycles. The third-order valence-corrected chi connectivity index (χ3v) is 2.98. The highest BCUT2D eigenvalue weighted by Gasteiger charge is 2.41. The molecule has 0 radical (unpaired) electrons. The average molecular weight is 356 g/mol. The minimum Gasteiger partial charge on any atom is -0.449 e. The number of benzene rings is 2. The molecule has 0 bridgehead atoms. The summed E-state index contributed by atoms with van der Waals surface area (Å²) in [6.07, 6.45) is -4.74. The molecule has 2 aromatic carbocycles. The number of nitro groups is 2. The maximum Gasteiger partial charge on any atom is 0.420 e. The first kappa shape index (κ1) is 17.8. The van der Waals surface area contributed by atoms with Crippen molar-refractivity contribution < 1.29 is 32.5 Å². The fourth-order valence-corrected chi connectivity index (χ4v) is 1.93. The van der Waals surface area contributed by atoms with Gasteiger partial charge in [-0.15, -0.1) is 0 Å². The van der Waals surface area contributed by atoms with E-state index < -0.39 is 38.7 Å². The van der Waals surface area contributed by atoms with Gasteiger partial charge < -0.3 is 4.74 Å². The topological polar surface area (TPSA) is 113 Å². The van der Waals surface area contributed by atoms with Gasteiger partial charge in [-0.1, -0.05) is 12.1 Å². The van der Waals surface area contributed by atoms with E-state index in [0.29, 0.717) is 12.4 Å². The fraction of sp³-hybridized carbons (Fsp3) is 0.0714. The van der Waals surface area contributed by atoms with Crippen molar-refractivity contribution in [3.63, 3.8) is 0 Å². The predicted molar refractivity (Wildman–Crippen MR) is 76.7 cm³/mol. The average Bonchev–Trinajstić information content (AvgIpc) is 2.53. The second-order valence-electron chi connectivity index (χ2n) is 4.65. The van der Waals surface area contributed by atoms with Crippen LogP contribution >= 0.6 is 0 Å². The number of hydrogen-bond donors (Lipinski definition) is 0. The first-order valence-corrected chi connectivity index (χ1v) is 6.40. The monoisotopic (exact) mass is 356 g/mol. The van der Waals surface area contributed by atoms with Crippen LogP contribution < -0.4 is 4.74 Å². The SMILES string of the molecule is O=Cc1cccc(Oc2c([N+](=O)[O-])cc([N+](=O)[O-])cc2C(F)(F)F)c1. The number of non-ortho nitro benzene ring substituents is 1. The van der Waals surface area contributed by atoms with Gasteiger partial charge in [0.05, 0.1) is 15.9 Å². The molecular formula is C14H7F3N2O6. The number of rotatable bonds is 5. The normalized spacial score (nSPS) is 11.0. The number of carbonyl (C=O) groups excluding carboxylic acids is 1. The smallest absolute Gasteiger partial charge is 0.420 e. The summed E-state index contributed by atoms with van der Waals surface area (Å²) in [6, 6.07) is 5.40. The summed E-state index contributed by atoms with van der Waals surface area (Å²) < 4.78 is 44.6. The van der Waals surface area contributed by atoms with Crippen molar-refractivity contribution in [2.24, 2.45) is 0 Å². The van der Waals surface area contributed by atoms with Gasteiger partial charge >= 0.3 is 11.9 Å². The Bertz CT molecular complexity index is 866. The Morgan fingerprint density at radius 3 is 2.24 bits per heavy atom. The molecule has 2 aromatic rings. The molecule has 130 valence electrons. The third kappa shape index (κ3) is 3.88. The van der Waals surface area contributed by atoms with Crippen LogP contribution in [0.4, 0.5) is 24.5 Å². The summed E-state index contributed by atoms with van der Waals surface area (Å²) in [7, 11) is 0. The number of halogens is 3. The molecule has 8 nitrogen and oxygen atoms in total. The van der Waals surface area contributed by atoms with Crippen LogP contribution in [0.3, 0.4) is 0 Å². The van der Waals surface area contributed by atoms with Crippen LogP contribution in [0.2, 0.25) is 0 Å². The van der Waals surface area contributed by atoms with Gasteiger partial charge in [0.15, 0.2) is 0 Å². The van der Waals surface area contributed by atoms with E-state index in [9.17, 15) is 38.2 Å². The van der Waals surface area contributed by atoms with E-state index in [-0.39, 0.29) is 17.4 Å². The molecule has 2 rings (SSSR count). The number of carbonyl (C=O) groups is 1. The molecule has 0 N–H and O–H groups in total. The van der Waals surface area contributed by atoms with Crippen LogP contribution in [0, 0.1) is 20.2 Å². The second-order valence-corrected chi connectivity index (χ2v) is 4.65. The van der Waals surface area contributed by atoms with E-state index >= 15 is 0 Å². The Kier molecular flexibility index (Phi) is 4.68. The Labute approximate surface area is 136 Å². The van der Waals surface area contributed by atoms with Crippen LogP contribution in [-0.4, -0.2) is 16.1 Å². The molecule has 0 unspecified atom stereocenters. The van der Waals surface area contributed by atoms with E-state index in [2.05, 4.69) is 0 Å². The van der Waals surface area contributed by atoms with Gasteiger partial charge in [0.2, 0.25) is 5.75 Å². The summed E-state index contributed by atoms with van der Waals surface area (Å²) in [5.74, 6) is -1.47. The van der Waals surface area contributed by atoms with Crippen LogP contribution in [0.25, 0.3) is 0 Å². The van der Waals surface area contributed by atoms with Crippen LogP contribution in [0.15, 0.2) is 36.4 Å². The zero-order valence-corrected chi connectivity index (χ0v) is 12.0. The van der Waals surface area contributed by atoms with Gasteiger partial charge in [0.25, 0.3) is 5.69 Å². The van der Waals surface area contributed by atoms with E-state index in [4.69, 9.17) is 4.74 Å². The van der Waals surface area contributed by atoms with Gasteiger partial charge in [-0.05, 0) is 12.1 Å². The molecule has 0 aliphatic carbocycles. The summed E-state index contributed by atoms with van der Waals surface area (Å²) in [5, 5.41) is 21.8. The van der Waals surface area contributed by atoms with Gasteiger partial charge in [-0.25, -0.2) is 0 Å². The number of nitro benzene ring substituents is 2. The molecule has 0 saturated carbocycles. The van der Waals surface area contributed by atoms with Crippen molar-refractivity contribution in [1.29, 1.82) is 0 Å². The van der Waals surface area contributed by atoms with E-state index in [1.807, 2.05) is 0 Å². The standard InChI is InChI=1S/C14H7F3N2O6/c15-14(16,17)11-5-9(18(21)22)6-12(19(23)24)13(11)25-10-3-1-2-8(4-10)7-20/h1-7H. The van der Waals surface area contributed by atoms with Gasteiger partial charge in [0.1, 0.15) is 17.6 Å². The van der Waals surface area contributed by atoms with Crippen molar-refractivity contribution in [3.05, 3.63) is 67.8 Å². The first-order chi connectivity index (χ1) is 11.6. The molecule has 25 heavy (non-hydrogen) atoms. The Morgan fingerprint density at radius 2 is 1.72 bits per heavy atom. The molecule has 0 aliphatic rings. The molecule has 0 amide bonds. The maximum absolute atomic E-state index is 13.2. The summed E-state index contributed by atoms with van der Waals surface area (Å²) >= 11 is 0. The highest BCUT2D eigenvalue weighted by Crippen LogP contribution is 2.45. The summed E-state index contributed by atoms with van der Waals surface area (Å²) in [5.41, 5.74) is -3.94. The van der Waals surface area contributed by atoms with Crippen molar-refractivity contribution in [2.45, 2.75) is 6.18 Å². The van der Waals surface area contributed by atoms with E-state index in [1.54, 1.807) is 0 Å². The quantitative estimate of drug-likeness (QED) is 0.452. The first-order valence-electron chi connectivity index (χ1n) is 6.40. The van der Waals surface area contributed by atoms with Crippen LogP contribution in [0.5, 0.6) is 11.5 Å². The van der Waals surface area contributed by atoms with Crippen molar-refractivity contribution in [1.82, 2.24) is 0 Å². The maximum atomic E-state index is 13.2. The highest BCUT2D eigenvalue weighted by molar-refractivity contribution is 5.75. The molecule has 0 aliphatic heterocycles. The number of nitrogens with zero attached hydrogens (tertiary/aromatic N) is 2. The van der Waals surface area contributed by atoms with Crippen LogP contribution in [0.1, 0.15) is 15.9 Å². The minimum absolute atomic E-state index is 0.0654. The molecular weight excluding hydrogens is 349 g/mol. The zero-order valence-electron chi connectivity index (χ0n) is 12.0. The number of ether oxygens (including phenoxy) is 1. The molecule has 0 spiro atoms. The molecule has 0 heterocycles. The Balaban J connectivity index is 2.70. The van der Waals surface area contributed by atoms with Crippen molar-refractivity contribution in [3.8, 4) is 11.5 Å². The fourth-order valence-electron chi connectivity index (χ4n) is 1.93. The lowest BCUT2D eigenvalue weighted by Gasteiger charge is -2.14. The lowest BCUT2D eigenvalue weighted by atomic mass is 10.1. The predicted octanol–water partition coefficient (Wildman–Crippen LogP) is 4.13. The second kappa shape index (κ2) is 6.55. The molecule has 0 aromatic heterocycles. The minimum atomic E-state index is -5.14. The number of hydrogen-bond acceptors (Lipinski definition) is 6. The molecule has 11 heteroatoms. The van der Waals surface area contributed by atoms with Crippen LogP contribution in [-0.2, 0) is 6.18 Å². The van der Waals surface area contributed by atoms with Crippen molar-refractivity contribution >= 4 is 17.7 Å². The highest BCUT2D eigenvalue weighted by atomic mass is 19.4. The lowest BCUT2D eigenvalue weighted by molar-refractivity contribution is -0.395. The van der Waals surface area contributed by atoms with Crippen molar-refractivity contribution in [2.75, 3.05) is 0 Å². The zero-order chi connectivity index (χ0) is 18.8. The number of aldehydes is 1. The van der Waals surface area contributed by atoms with Gasteiger partial charge in [0, 0.05) is 11.6 Å². The number of alkyl halides is 3. The lowest BCUT2D eigenvalue weighted by Crippen LogP contribution is -2.10. The van der Waals surface area contributed by atoms with E-state index in [0.717, 1.165) is 6.07 Å².